The molecule has 1 atom stereocenters. The second-order valence-corrected chi connectivity index (χ2v) is 7.27. The predicted molar refractivity (Wildman–Crippen MR) is 104 cm³/mol. The lowest BCUT2D eigenvalue weighted by atomic mass is 9.95. The average Bonchev–Trinajstić information content (AvgIpc) is 2.73. The average molecular weight is 366 g/mol. The summed E-state index contributed by atoms with van der Waals surface area (Å²) < 4.78 is 11.1. The summed E-state index contributed by atoms with van der Waals surface area (Å²) in [7, 11) is 1.69. The zero-order valence-corrected chi connectivity index (χ0v) is 15.8. The third kappa shape index (κ3) is 4.08. The van der Waals surface area contributed by atoms with Crippen LogP contribution in [0.4, 0.5) is 0 Å². The van der Waals surface area contributed by atoms with Crippen molar-refractivity contribution in [1.82, 2.24) is 9.80 Å². The van der Waals surface area contributed by atoms with Crippen LogP contribution in [0.2, 0.25) is 0 Å². The Balaban J connectivity index is 1.31. The molecule has 0 aliphatic carbocycles. The van der Waals surface area contributed by atoms with Gasteiger partial charge in [0.15, 0.2) is 0 Å². The number of hydrogen-bond acceptors (Lipinski definition) is 4. The van der Waals surface area contributed by atoms with E-state index in [1.807, 2.05) is 35.2 Å². The van der Waals surface area contributed by atoms with Crippen molar-refractivity contribution >= 4 is 5.91 Å². The lowest BCUT2D eigenvalue weighted by molar-refractivity contribution is -0.138. The first-order chi connectivity index (χ1) is 13.2. The van der Waals surface area contributed by atoms with Gasteiger partial charge in [0, 0.05) is 32.7 Å². The maximum Gasteiger partial charge on any atom is 0.229 e. The van der Waals surface area contributed by atoms with Crippen LogP contribution in [0.1, 0.15) is 11.1 Å². The summed E-state index contributed by atoms with van der Waals surface area (Å²) in [5, 5.41) is 0. The number of amides is 1. The van der Waals surface area contributed by atoms with E-state index in [9.17, 15) is 4.79 Å². The van der Waals surface area contributed by atoms with Gasteiger partial charge >= 0.3 is 0 Å². The van der Waals surface area contributed by atoms with Crippen LogP contribution in [0.3, 0.4) is 0 Å². The molecule has 1 amide bonds. The third-order valence-corrected chi connectivity index (χ3v) is 5.45. The van der Waals surface area contributed by atoms with Crippen LogP contribution in [0.5, 0.6) is 11.5 Å². The van der Waals surface area contributed by atoms with Crippen LogP contribution in [0.15, 0.2) is 48.5 Å². The van der Waals surface area contributed by atoms with Gasteiger partial charge in [0.05, 0.1) is 13.0 Å². The van der Waals surface area contributed by atoms with Crippen molar-refractivity contribution < 1.29 is 14.3 Å². The molecule has 1 fully saturated rings. The lowest BCUT2D eigenvalue weighted by Gasteiger charge is -2.37. The van der Waals surface area contributed by atoms with Gasteiger partial charge < -0.3 is 14.4 Å². The zero-order valence-electron chi connectivity index (χ0n) is 15.8. The summed E-state index contributed by atoms with van der Waals surface area (Å²) in [5.74, 6) is 1.97. The maximum atomic E-state index is 12.9. The molecule has 5 nitrogen and oxygen atoms in total. The van der Waals surface area contributed by atoms with E-state index >= 15 is 0 Å². The van der Waals surface area contributed by atoms with Gasteiger partial charge in [-0.3, -0.25) is 9.69 Å². The molecular formula is C22H26N2O3. The van der Waals surface area contributed by atoms with Crippen LogP contribution in [-0.4, -0.2) is 55.6 Å². The SMILES string of the molecule is COc1cccc(CN2CCN(C(=O)C3COc4ccccc4C3)CC2)c1. The molecular weight excluding hydrogens is 340 g/mol. The number of carbonyl (C=O) groups excluding carboxylic acids is 1. The lowest BCUT2D eigenvalue weighted by Crippen LogP contribution is -2.51. The molecule has 0 bridgehead atoms. The summed E-state index contributed by atoms with van der Waals surface area (Å²) in [6.45, 7) is 4.72. The van der Waals surface area contributed by atoms with Gasteiger partial charge in [-0.05, 0) is 35.7 Å². The van der Waals surface area contributed by atoms with E-state index in [0.717, 1.165) is 56.2 Å². The molecule has 0 spiro atoms. The van der Waals surface area contributed by atoms with Crippen LogP contribution in [0.25, 0.3) is 0 Å². The minimum Gasteiger partial charge on any atom is -0.497 e. The monoisotopic (exact) mass is 366 g/mol. The summed E-state index contributed by atoms with van der Waals surface area (Å²) in [5.41, 5.74) is 2.38. The van der Waals surface area contributed by atoms with Crippen molar-refractivity contribution in [2.75, 3.05) is 39.9 Å². The van der Waals surface area contributed by atoms with E-state index in [1.165, 1.54) is 5.56 Å². The Morgan fingerprint density at radius 3 is 2.74 bits per heavy atom. The van der Waals surface area contributed by atoms with Gasteiger partial charge in [0.1, 0.15) is 18.1 Å². The van der Waals surface area contributed by atoms with Crippen LogP contribution in [-0.2, 0) is 17.8 Å². The molecule has 142 valence electrons. The molecule has 2 aliphatic heterocycles. The molecule has 1 unspecified atom stereocenters. The topological polar surface area (TPSA) is 42.0 Å². The van der Waals surface area contributed by atoms with Gasteiger partial charge in [-0.1, -0.05) is 30.3 Å². The maximum absolute atomic E-state index is 12.9. The summed E-state index contributed by atoms with van der Waals surface area (Å²) in [6.07, 6.45) is 0.777. The van der Waals surface area contributed by atoms with Crippen LogP contribution in [0, 0.1) is 5.92 Å². The van der Waals surface area contributed by atoms with E-state index in [4.69, 9.17) is 9.47 Å². The second kappa shape index (κ2) is 8.01. The standard InChI is InChI=1S/C22H26N2O3/c1-26-20-7-4-5-17(13-20)15-23-9-11-24(12-10-23)22(25)19-14-18-6-2-3-8-21(18)27-16-19/h2-8,13,19H,9-12,14-16H2,1H3. The fraction of sp³-hybridized carbons (Fsp3) is 0.409. The van der Waals surface area contributed by atoms with Crippen LogP contribution < -0.4 is 9.47 Å². The second-order valence-electron chi connectivity index (χ2n) is 7.27. The number of benzene rings is 2. The van der Waals surface area contributed by atoms with Gasteiger partial charge in [0.25, 0.3) is 0 Å². The summed E-state index contributed by atoms with van der Waals surface area (Å²) >= 11 is 0. The Morgan fingerprint density at radius 1 is 1.11 bits per heavy atom. The van der Waals surface area contributed by atoms with E-state index in [2.05, 4.69) is 23.1 Å². The van der Waals surface area contributed by atoms with E-state index in [0.29, 0.717) is 6.61 Å². The van der Waals surface area contributed by atoms with E-state index < -0.39 is 0 Å². The number of rotatable bonds is 4. The molecule has 5 heteroatoms. The predicted octanol–water partition coefficient (Wildman–Crippen LogP) is 2.59. The Kier molecular flexibility index (Phi) is 5.30. The number of methoxy groups -OCH3 is 1. The molecule has 27 heavy (non-hydrogen) atoms. The fourth-order valence-corrected chi connectivity index (χ4v) is 3.90. The summed E-state index contributed by atoms with van der Waals surface area (Å²) in [6, 6.07) is 16.2. The van der Waals surface area contributed by atoms with Crippen molar-refractivity contribution in [3.63, 3.8) is 0 Å². The molecule has 2 aromatic rings. The molecule has 0 aromatic heterocycles. The van der Waals surface area contributed by atoms with Crippen molar-refractivity contribution in [2.45, 2.75) is 13.0 Å². The minimum atomic E-state index is -0.0650. The highest BCUT2D eigenvalue weighted by Crippen LogP contribution is 2.28. The molecule has 2 aliphatic rings. The zero-order chi connectivity index (χ0) is 18.6. The minimum absolute atomic E-state index is 0.0650. The highest BCUT2D eigenvalue weighted by atomic mass is 16.5. The van der Waals surface area contributed by atoms with Crippen molar-refractivity contribution in [1.29, 1.82) is 0 Å². The molecule has 0 radical (unpaired) electrons. The van der Waals surface area contributed by atoms with Crippen molar-refractivity contribution in [3.05, 3.63) is 59.7 Å². The quantitative estimate of drug-likeness (QED) is 0.834. The smallest absolute Gasteiger partial charge is 0.229 e. The number of fused-ring (bicyclic) bond motifs is 1. The molecule has 2 aromatic carbocycles. The molecule has 0 saturated carbocycles. The number of nitrogens with zero attached hydrogens (tertiary/aromatic N) is 2. The van der Waals surface area contributed by atoms with Crippen LogP contribution >= 0.6 is 0 Å². The summed E-state index contributed by atoms with van der Waals surface area (Å²) in [4.78, 5) is 17.3. The highest BCUT2D eigenvalue weighted by molar-refractivity contribution is 5.80. The van der Waals surface area contributed by atoms with Gasteiger partial charge in [-0.15, -0.1) is 0 Å². The van der Waals surface area contributed by atoms with Crippen molar-refractivity contribution in [3.8, 4) is 11.5 Å². The van der Waals surface area contributed by atoms with Gasteiger partial charge in [0.2, 0.25) is 5.91 Å². The fourth-order valence-electron chi connectivity index (χ4n) is 3.90. The first kappa shape index (κ1) is 17.9. The number of para-hydroxylation sites is 1. The molecule has 4 rings (SSSR count). The van der Waals surface area contributed by atoms with Gasteiger partial charge in [-0.25, -0.2) is 0 Å². The first-order valence-corrected chi connectivity index (χ1v) is 9.58. The Bertz CT molecular complexity index is 800. The Hall–Kier alpha value is -2.53. The van der Waals surface area contributed by atoms with E-state index in [-0.39, 0.29) is 11.8 Å². The number of piperazine rings is 1. The largest absolute Gasteiger partial charge is 0.497 e. The normalized spacial score (nSPS) is 19.9. The number of carbonyl (C=O) groups is 1. The molecule has 2 heterocycles. The molecule has 0 N–H and O–H groups in total. The number of hydrogen-bond donors (Lipinski definition) is 0. The van der Waals surface area contributed by atoms with E-state index in [1.54, 1.807) is 7.11 Å². The molecule has 1 saturated heterocycles. The third-order valence-electron chi connectivity index (χ3n) is 5.45. The van der Waals surface area contributed by atoms with Crippen molar-refractivity contribution in [2.24, 2.45) is 5.92 Å². The van der Waals surface area contributed by atoms with Gasteiger partial charge in [-0.2, -0.15) is 0 Å². The Morgan fingerprint density at radius 2 is 1.93 bits per heavy atom. The highest BCUT2D eigenvalue weighted by Gasteiger charge is 2.31. The number of ether oxygens (including phenoxy) is 2. The first-order valence-electron chi connectivity index (χ1n) is 9.58. The Labute approximate surface area is 160 Å².